The molecule has 5 amide bonds. The van der Waals surface area contributed by atoms with Gasteiger partial charge in [0.25, 0.3) is 11.8 Å². The summed E-state index contributed by atoms with van der Waals surface area (Å²) >= 11 is 0. The van der Waals surface area contributed by atoms with Gasteiger partial charge >= 0.3 is 24.1 Å². The highest BCUT2D eigenvalue weighted by molar-refractivity contribution is 5.98. The van der Waals surface area contributed by atoms with Crippen LogP contribution in [0.3, 0.4) is 0 Å². The van der Waals surface area contributed by atoms with E-state index in [0.29, 0.717) is 5.70 Å². The maximum Gasteiger partial charge on any atom is 0.408 e. The third kappa shape index (κ3) is 13.3. The van der Waals surface area contributed by atoms with Crippen LogP contribution in [0.2, 0.25) is 0 Å². The van der Waals surface area contributed by atoms with E-state index < -0.39 is 100 Å². The molecule has 2 heterocycles. The summed E-state index contributed by atoms with van der Waals surface area (Å²) in [5.74, 6) is -2.66. The number of alkyl carbamates (subject to hydrolysis) is 2. The number of hydrogen-bond donors (Lipinski definition) is 4. The van der Waals surface area contributed by atoms with Crippen molar-refractivity contribution in [1.29, 1.82) is 0 Å². The molecule has 334 valence electrons. The highest BCUT2D eigenvalue weighted by Gasteiger charge is 2.47. The fourth-order valence-corrected chi connectivity index (χ4v) is 7.10. The van der Waals surface area contributed by atoms with E-state index in [1.165, 1.54) is 43.4 Å². The summed E-state index contributed by atoms with van der Waals surface area (Å²) in [7, 11) is 2.49. The number of rotatable bonds is 11. The van der Waals surface area contributed by atoms with Crippen molar-refractivity contribution in [3.63, 3.8) is 0 Å². The molecule has 0 saturated carbocycles. The third-order valence-corrected chi connectivity index (χ3v) is 9.91. The second kappa shape index (κ2) is 18.9. The number of amides is 5. The van der Waals surface area contributed by atoms with Crippen LogP contribution in [0.25, 0.3) is 0 Å². The molecule has 0 aliphatic carbocycles. The van der Waals surface area contributed by atoms with E-state index in [1.54, 1.807) is 67.2 Å². The first-order chi connectivity index (χ1) is 27.4. The first kappa shape index (κ1) is 49.0. The molecule has 0 radical (unpaired) electrons. The Morgan fingerprint density at radius 2 is 0.950 bits per heavy atom. The summed E-state index contributed by atoms with van der Waals surface area (Å²) in [4.78, 5) is 95.3. The molecule has 2 fully saturated rings. The van der Waals surface area contributed by atoms with Crippen LogP contribution in [0.15, 0.2) is 36.5 Å². The molecule has 0 unspecified atom stereocenters. The summed E-state index contributed by atoms with van der Waals surface area (Å²) in [5, 5.41) is 11.4. The average molecular weight is 843 g/mol. The maximum atomic E-state index is 14.0. The van der Waals surface area contributed by atoms with Crippen LogP contribution in [0, 0.1) is 10.8 Å². The van der Waals surface area contributed by atoms with Crippen molar-refractivity contribution in [2.45, 2.75) is 143 Å². The Kier molecular flexibility index (Phi) is 15.5. The fourth-order valence-electron chi connectivity index (χ4n) is 7.10. The van der Waals surface area contributed by atoms with E-state index in [1.807, 2.05) is 20.8 Å². The Balaban J connectivity index is 1.72. The second-order valence-electron chi connectivity index (χ2n) is 19.5. The predicted octanol–water partition coefficient (Wildman–Crippen LogP) is 4.30. The standard InChI is InChI=1S/C43H66N6O11/c1-24(31(40(2,3)4)46-38(55)59-42(8,9)10)48-22-27(20-29(48)36(53)57-14)44-33(50)25-16-18-26(19-17-25)34(51)45-28-21-30(37(54)58-15)49(23-28)35(52)32(41(5,6)7)47-39(56)60-43(11,12)13/h16-19,27-32H,1,20-23H2,2-15H3,(H,44,50)(H,45,51)(H,46,55)(H,47,56)/t27-,28-,29-,30-,31+,32+/m0/s1. The number of benzene rings is 1. The summed E-state index contributed by atoms with van der Waals surface area (Å²) in [6.45, 7) is 25.9. The quantitative estimate of drug-likeness (QED) is 0.182. The van der Waals surface area contributed by atoms with E-state index in [0.717, 1.165) is 0 Å². The zero-order chi connectivity index (χ0) is 45.7. The lowest BCUT2D eigenvalue weighted by atomic mass is 9.84. The summed E-state index contributed by atoms with van der Waals surface area (Å²) in [5.41, 5.74) is -1.90. The van der Waals surface area contributed by atoms with Crippen LogP contribution in [0.4, 0.5) is 9.59 Å². The normalized spacial score (nSPS) is 20.6. The van der Waals surface area contributed by atoms with Crippen molar-refractivity contribution in [1.82, 2.24) is 31.1 Å². The van der Waals surface area contributed by atoms with Gasteiger partial charge in [-0.15, -0.1) is 0 Å². The first-order valence-electron chi connectivity index (χ1n) is 20.1. The van der Waals surface area contributed by atoms with Crippen molar-refractivity contribution in [2.24, 2.45) is 10.8 Å². The molecule has 2 aliphatic rings. The molecule has 60 heavy (non-hydrogen) atoms. The topological polar surface area (TPSA) is 211 Å². The number of carbonyl (C=O) groups is 7. The first-order valence-corrected chi connectivity index (χ1v) is 20.1. The minimum Gasteiger partial charge on any atom is -0.467 e. The molecule has 0 bridgehead atoms. The number of methoxy groups -OCH3 is 2. The smallest absolute Gasteiger partial charge is 0.408 e. The van der Waals surface area contributed by atoms with Crippen molar-refractivity contribution in [2.75, 3.05) is 27.3 Å². The number of ether oxygens (including phenoxy) is 4. The van der Waals surface area contributed by atoms with Gasteiger partial charge in [-0.1, -0.05) is 48.1 Å². The lowest BCUT2D eigenvalue weighted by Crippen LogP contribution is -2.57. The largest absolute Gasteiger partial charge is 0.467 e. The van der Waals surface area contributed by atoms with Crippen LogP contribution in [0.1, 0.15) is 117 Å². The van der Waals surface area contributed by atoms with E-state index in [4.69, 9.17) is 18.9 Å². The van der Waals surface area contributed by atoms with E-state index in [2.05, 4.69) is 27.8 Å². The Bertz CT molecular complexity index is 1660. The molecule has 6 atom stereocenters. The number of hydrogen-bond acceptors (Lipinski definition) is 12. The van der Waals surface area contributed by atoms with Gasteiger partial charge in [0.05, 0.1) is 20.3 Å². The number of nitrogens with one attached hydrogen (secondary N) is 4. The fraction of sp³-hybridized carbons (Fsp3) is 0.651. The Labute approximate surface area is 354 Å². The second-order valence-corrected chi connectivity index (χ2v) is 19.5. The lowest BCUT2D eigenvalue weighted by Gasteiger charge is -2.39. The molecular formula is C43H66N6O11. The SMILES string of the molecule is C=C([C@@H](NC(=O)OC(C)(C)C)C(C)(C)C)N1C[C@@H](NC(=O)c2ccc(C(=O)N[C@H]3C[C@@H](C(=O)OC)N(C(=O)[C@@H](NC(=O)OC(C)(C)C)C(C)(C)C)C3)cc2)C[C@H]1C(=O)OC. The molecule has 1 aromatic rings. The molecule has 3 rings (SSSR count). The van der Waals surface area contributed by atoms with Crippen molar-refractivity contribution >= 4 is 41.8 Å². The minimum atomic E-state index is -1.06. The van der Waals surface area contributed by atoms with Gasteiger partial charge in [0.15, 0.2) is 0 Å². The van der Waals surface area contributed by atoms with Gasteiger partial charge in [-0.25, -0.2) is 19.2 Å². The molecule has 0 spiro atoms. The molecule has 2 saturated heterocycles. The van der Waals surface area contributed by atoms with Gasteiger partial charge in [0.1, 0.15) is 29.3 Å². The molecule has 2 aliphatic heterocycles. The van der Waals surface area contributed by atoms with Crippen LogP contribution >= 0.6 is 0 Å². The molecule has 17 nitrogen and oxygen atoms in total. The Morgan fingerprint density at radius 1 is 0.600 bits per heavy atom. The molecule has 17 heteroatoms. The monoisotopic (exact) mass is 842 g/mol. The van der Waals surface area contributed by atoms with Crippen molar-refractivity contribution in [3.05, 3.63) is 47.7 Å². The van der Waals surface area contributed by atoms with Crippen LogP contribution in [-0.4, -0.2) is 126 Å². The lowest BCUT2D eigenvalue weighted by molar-refractivity contribution is -0.152. The molecule has 1 aromatic carbocycles. The number of nitrogens with zero attached hydrogens (tertiary/aromatic N) is 2. The number of likely N-dealkylation sites (tertiary alicyclic amines) is 2. The van der Waals surface area contributed by atoms with Gasteiger partial charge in [0, 0.05) is 54.8 Å². The molecule has 0 aromatic heterocycles. The van der Waals surface area contributed by atoms with E-state index in [-0.39, 0.29) is 37.1 Å². The molecular weight excluding hydrogens is 777 g/mol. The van der Waals surface area contributed by atoms with E-state index >= 15 is 0 Å². The van der Waals surface area contributed by atoms with Crippen LogP contribution in [0.5, 0.6) is 0 Å². The van der Waals surface area contributed by atoms with Gasteiger partial charge in [-0.3, -0.25) is 14.4 Å². The van der Waals surface area contributed by atoms with E-state index in [9.17, 15) is 33.6 Å². The third-order valence-electron chi connectivity index (χ3n) is 9.91. The number of esters is 2. The van der Waals surface area contributed by atoms with Gasteiger partial charge in [-0.05, 0) is 76.6 Å². The highest BCUT2D eigenvalue weighted by atomic mass is 16.6. The van der Waals surface area contributed by atoms with Crippen LogP contribution in [-0.2, 0) is 33.3 Å². The van der Waals surface area contributed by atoms with Crippen molar-refractivity contribution in [3.8, 4) is 0 Å². The zero-order valence-electron chi connectivity index (χ0n) is 37.7. The Morgan fingerprint density at radius 3 is 1.30 bits per heavy atom. The summed E-state index contributed by atoms with van der Waals surface area (Å²) < 4.78 is 21.0. The van der Waals surface area contributed by atoms with Gasteiger partial charge in [-0.2, -0.15) is 0 Å². The van der Waals surface area contributed by atoms with Gasteiger partial charge < -0.3 is 50.0 Å². The summed E-state index contributed by atoms with van der Waals surface area (Å²) in [6.07, 6.45) is -1.14. The number of carbonyl (C=O) groups excluding carboxylic acids is 7. The predicted molar refractivity (Wildman–Crippen MR) is 223 cm³/mol. The molecule has 4 N–H and O–H groups in total. The Hall–Kier alpha value is -5.35. The minimum absolute atomic E-state index is 0.0294. The average Bonchev–Trinajstić information content (AvgIpc) is 3.74. The van der Waals surface area contributed by atoms with Crippen molar-refractivity contribution < 1.29 is 52.5 Å². The zero-order valence-corrected chi connectivity index (χ0v) is 37.7. The van der Waals surface area contributed by atoms with Crippen LogP contribution < -0.4 is 21.3 Å². The van der Waals surface area contributed by atoms with Gasteiger partial charge in [0.2, 0.25) is 5.91 Å². The highest BCUT2D eigenvalue weighted by Crippen LogP contribution is 2.32. The summed E-state index contributed by atoms with van der Waals surface area (Å²) in [6, 6.07) is 1.30. The maximum absolute atomic E-state index is 14.0.